The number of carbonyl (C=O) groups excluding carboxylic acids is 8. The summed E-state index contributed by atoms with van der Waals surface area (Å²) < 4.78 is 24.9. The lowest BCUT2D eigenvalue weighted by molar-refractivity contribution is -0.149. The lowest BCUT2D eigenvalue weighted by Gasteiger charge is -2.15. The van der Waals surface area contributed by atoms with Gasteiger partial charge in [-0.15, -0.1) is 0 Å². The number of ether oxygens (including phenoxy) is 5. The van der Waals surface area contributed by atoms with Gasteiger partial charge in [-0.1, -0.05) is 13.0 Å². The normalized spacial score (nSPS) is 10.4. The van der Waals surface area contributed by atoms with Crippen molar-refractivity contribution in [3.05, 3.63) is 42.5 Å². The Morgan fingerprint density at radius 3 is 1.81 bits per heavy atom. The molecule has 302 valence electrons. The SMILES string of the molecule is C=CC(=O)OCCOC(=O)CCCCCOC(=O)CCCCCO.CC(C)(O)C(=O)c1ccc(OCCOC(=O)CC(=O)NCCNC(=O)CC=O)cc1. The van der Waals surface area contributed by atoms with E-state index in [9.17, 15) is 43.5 Å². The number of hydrogen-bond acceptors (Lipinski definition) is 15. The highest BCUT2D eigenvalue weighted by atomic mass is 16.6. The molecular formula is C37H54N2O15. The van der Waals surface area contributed by atoms with Crippen molar-refractivity contribution in [1.29, 1.82) is 0 Å². The molecule has 0 unspecified atom stereocenters. The Labute approximate surface area is 315 Å². The molecule has 0 aromatic heterocycles. The fourth-order valence-corrected chi connectivity index (χ4v) is 3.96. The number of ketones is 1. The molecule has 1 aromatic rings. The molecule has 0 aliphatic rings. The van der Waals surface area contributed by atoms with Gasteiger partial charge < -0.3 is 49.3 Å². The van der Waals surface area contributed by atoms with Gasteiger partial charge >= 0.3 is 23.9 Å². The topological polar surface area (TPSA) is 247 Å². The molecule has 0 spiro atoms. The van der Waals surface area contributed by atoms with E-state index < -0.39 is 41.6 Å². The number of nitrogens with one attached hydrogen (secondary N) is 2. The maximum absolute atomic E-state index is 11.9. The van der Waals surface area contributed by atoms with E-state index in [1.165, 1.54) is 26.0 Å². The van der Waals surface area contributed by atoms with Crippen molar-refractivity contribution in [3.63, 3.8) is 0 Å². The third-order valence-electron chi connectivity index (χ3n) is 6.71. The lowest BCUT2D eigenvalue weighted by atomic mass is 9.97. The van der Waals surface area contributed by atoms with Gasteiger partial charge in [0.1, 0.15) is 50.5 Å². The number of benzene rings is 1. The zero-order valence-corrected chi connectivity index (χ0v) is 31.1. The summed E-state index contributed by atoms with van der Waals surface area (Å²) in [5.41, 5.74) is -1.12. The number of esters is 4. The Kier molecular flexibility index (Phi) is 27.4. The number of aliphatic hydroxyl groups is 2. The number of Topliss-reactive ketones (excluding diaryl/α,β-unsaturated/α-hetero) is 1. The van der Waals surface area contributed by atoms with Gasteiger partial charge in [-0.3, -0.25) is 28.8 Å². The molecule has 4 N–H and O–H groups in total. The molecule has 0 radical (unpaired) electrons. The van der Waals surface area contributed by atoms with Crippen molar-refractivity contribution in [1.82, 2.24) is 10.6 Å². The summed E-state index contributed by atoms with van der Waals surface area (Å²) in [5.74, 6) is -2.81. The number of amides is 2. The number of carbonyl (C=O) groups is 8. The minimum absolute atomic E-state index is 0.0187. The molecule has 17 nitrogen and oxygen atoms in total. The molecule has 0 aliphatic heterocycles. The van der Waals surface area contributed by atoms with Gasteiger partial charge in [-0.25, -0.2) is 4.79 Å². The van der Waals surface area contributed by atoms with Crippen LogP contribution >= 0.6 is 0 Å². The Bertz CT molecular complexity index is 1320. The molecule has 0 bridgehead atoms. The number of rotatable bonds is 28. The predicted molar refractivity (Wildman–Crippen MR) is 192 cm³/mol. The second kappa shape index (κ2) is 30.3. The number of aliphatic hydroxyl groups excluding tert-OH is 1. The number of unbranched alkanes of at least 4 members (excludes halogenated alkanes) is 4. The first kappa shape index (κ1) is 48.8. The zero-order valence-electron chi connectivity index (χ0n) is 31.1. The third-order valence-corrected chi connectivity index (χ3v) is 6.71. The van der Waals surface area contributed by atoms with Crippen LogP contribution in [0.15, 0.2) is 36.9 Å². The van der Waals surface area contributed by atoms with Crippen LogP contribution < -0.4 is 15.4 Å². The van der Waals surface area contributed by atoms with E-state index in [1.54, 1.807) is 12.1 Å². The maximum atomic E-state index is 11.9. The van der Waals surface area contributed by atoms with Crippen LogP contribution in [0.2, 0.25) is 0 Å². The van der Waals surface area contributed by atoms with Gasteiger partial charge in [-0.2, -0.15) is 0 Å². The predicted octanol–water partition coefficient (Wildman–Crippen LogP) is 1.69. The van der Waals surface area contributed by atoms with Gasteiger partial charge in [0.2, 0.25) is 11.8 Å². The molecule has 0 atom stereocenters. The highest BCUT2D eigenvalue weighted by Gasteiger charge is 2.25. The van der Waals surface area contributed by atoms with E-state index in [2.05, 4.69) is 21.9 Å². The van der Waals surface area contributed by atoms with E-state index in [4.69, 9.17) is 24.1 Å². The smallest absolute Gasteiger partial charge is 0.330 e. The maximum Gasteiger partial charge on any atom is 0.330 e. The third kappa shape index (κ3) is 27.5. The van der Waals surface area contributed by atoms with E-state index >= 15 is 0 Å². The highest BCUT2D eigenvalue weighted by molar-refractivity contribution is 6.01. The number of aldehydes is 1. The summed E-state index contributed by atoms with van der Waals surface area (Å²) in [6.45, 7) is 6.85. The number of hydrogen-bond donors (Lipinski definition) is 4. The van der Waals surface area contributed by atoms with Crippen molar-refractivity contribution < 1.29 is 72.3 Å². The molecule has 54 heavy (non-hydrogen) atoms. The Hall–Kier alpha value is -5.16. The summed E-state index contributed by atoms with van der Waals surface area (Å²) in [6.07, 6.45) is 5.83. The highest BCUT2D eigenvalue weighted by Crippen LogP contribution is 2.17. The minimum Gasteiger partial charge on any atom is -0.490 e. The Morgan fingerprint density at radius 2 is 1.24 bits per heavy atom. The zero-order chi connectivity index (χ0) is 40.6. The average Bonchev–Trinajstić information content (AvgIpc) is 3.13. The van der Waals surface area contributed by atoms with Gasteiger partial charge in [0.15, 0.2) is 5.78 Å². The van der Waals surface area contributed by atoms with Gasteiger partial charge in [0.25, 0.3) is 0 Å². The first-order chi connectivity index (χ1) is 25.7. The Balaban J connectivity index is 0.00000107. The Morgan fingerprint density at radius 1 is 0.704 bits per heavy atom. The van der Waals surface area contributed by atoms with Crippen molar-refractivity contribution in [3.8, 4) is 5.75 Å². The van der Waals surface area contributed by atoms with Gasteiger partial charge in [0, 0.05) is 44.2 Å². The minimum atomic E-state index is -1.47. The van der Waals surface area contributed by atoms with E-state index in [0.717, 1.165) is 25.3 Å². The fourth-order valence-electron chi connectivity index (χ4n) is 3.96. The lowest BCUT2D eigenvalue weighted by Crippen LogP contribution is -2.35. The van der Waals surface area contributed by atoms with Crippen LogP contribution in [-0.4, -0.2) is 116 Å². The summed E-state index contributed by atoms with van der Waals surface area (Å²) in [5, 5.41) is 23.2. The van der Waals surface area contributed by atoms with Gasteiger partial charge in [0.05, 0.1) is 13.0 Å². The molecule has 0 fully saturated rings. The quantitative estimate of drug-likeness (QED) is 0.0180. The van der Waals surface area contributed by atoms with E-state index in [-0.39, 0.29) is 70.9 Å². The first-order valence-corrected chi connectivity index (χ1v) is 17.6. The van der Waals surface area contributed by atoms with Crippen LogP contribution in [0.5, 0.6) is 5.75 Å². The molecule has 0 aliphatic carbocycles. The fraction of sp³-hybridized carbons (Fsp3) is 0.568. The molecule has 0 saturated carbocycles. The molecule has 1 rings (SSSR count). The van der Waals surface area contributed by atoms with Crippen molar-refractivity contribution >= 4 is 47.8 Å². The molecule has 17 heteroatoms. The van der Waals surface area contributed by atoms with Crippen LogP contribution in [-0.2, 0) is 52.5 Å². The standard InChI is InChI=1S/C20H26N2O8.C17H28O7/c1-20(2,28)19(27)14-3-5-15(6-4-14)29-11-12-30-18(26)13-17(25)22-9-8-21-16(24)7-10-23;1-2-15(19)23-13-14-24-17(21)10-6-4-8-12-22-16(20)9-5-3-7-11-18/h3-6,10,28H,7-9,11-13H2,1-2H3,(H,21,24)(H,22,25);2,18H,1,3-14H2. The monoisotopic (exact) mass is 766 g/mol. The van der Waals surface area contributed by atoms with Crippen LogP contribution in [0.25, 0.3) is 0 Å². The average molecular weight is 767 g/mol. The second-order valence-corrected chi connectivity index (χ2v) is 11.9. The van der Waals surface area contributed by atoms with Gasteiger partial charge in [-0.05, 0) is 70.2 Å². The first-order valence-electron chi connectivity index (χ1n) is 17.6. The second-order valence-electron chi connectivity index (χ2n) is 11.9. The summed E-state index contributed by atoms with van der Waals surface area (Å²) in [6, 6.07) is 6.16. The molecule has 0 heterocycles. The molecule has 1 aromatic carbocycles. The van der Waals surface area contributed by atoms with Crippen LogP contribution in [0.3, 0.4) is 0 Å². The molecule has 2 amide bonds. The van der Waals surface area contributed by atoms with Crippen molar-refractivity contribution in [2.45, 2.75) is 83.7 Å². The summed E-state index contributed by atoms with van der Waals surface area (Å²) >= 11 is 0. The summed E-state index contributed by atoms with van der Waals surface area (Å²) in [7, 11) is 0. The van der Waals surface area contributed by atoms with Crippen LogP contribution in [0, 0.1) is 0 Å². The van der Waals surface area contributed by atoms with E-state index in [0.29, 0.717) is 49.9 Å². The molecule has 0 saturated heterocycles. The van der Waals surface area contributed by atoms with E-state index in [1.807, 2.05) is 0 Å². The van der Waals surface area contributed by atoms with Crippen molar-refractivity contribution in [2.75, 3.05) is 52.7 Å². The summed E-state index contributed by atoms with van der Waals surface area (Å²) in [4.78, 5) is 89.7. The largest absolute Gasteiger partial charge is 0.490 e. The molecular weight excluding hydrogens is 712 g/mol. The van der Waals surface area contributed by atoms with Crippen LogP contribution in [0.4, 0.5) is 0 Å². The van der Waals surface area contributed by atoms with Crippen LogP contribution in [0.1, 0.15) is 88.4 Å². The van der Waals surface area contributed by atoms with Crippen molar-refractivity contribution in [2.24, 2.45) is 0 Å².